The van der Waals surface area contributed by atoms with E-state index in [1.54, 1.807) is 59.7 Å². The second-order valence-corrected chi connectivity index (χ2v) is 14.1. The van der Waals surface area contributed by atoms with Gasteiger partial charge in [0.1, 0.15) is 35.1 Å². The molecule has 10 heteroatoms. The van der Waals surface area contributed by atoms with E-state index in [0.29, 0.717) is 12.8 Å². The third kappa shape index (κ3) is 10.6. The van der Waals surface area contributed by atoms with Crippen molar-refractivity contribution in [2.24, 2.45) is 0 Å². The van der Waals surface area contributed by atoms with E-state index >= 15 is 0 Å². The minimum absolute atomic E-state index is 0.131. The van der Waals surface area contributed by atoms with Gasteiger partial charge in [0, 0.05) is 24.4 Å². The van der Waals surface area contributed by atoms with Gasteiger partial charge in [-0.15, -0.1) is 0 Å². The third-order valence-corrected chi connectivity index (χ3v) is 7.51. The maximum Gasteiger partial charge on any atom is 0.408 e. The third-order valence-electron chi connectivity index (χ3n) is 7.51. The Morgan fingerprint density at radius 2 is 1.23 bits per heavy atom. The molecule has 3 unspecified atom stereocenters. The summed E-state index contributed by atoms with van der Waals surface area (Å²) < 4.78 is 11.2. The van der Waals surface area contributed by atoms with Crippen molar-refractivity contribution in [1.82, 2.24) is 15.5 Å². The zero-order valence-corrected chi connectivity index (χ0v) is 28.6. The number of nitrogens with one attached hydrogen (secondary N) is 2. The molecule has 0 saturated heterocycles. The molecular weight excluding hydrogens is 610 g/mol. The molecule has 0 aromatic heterocycles. The van der Waals surface area contributed by atoms with Crippen molar-refractivity contribution in [3.8, 4) is 5.75 Å². The smallest absolute Gasteiger partial charge is 0.408 e. The van der Waals surface area contributed by atoms with Crippen molar-refractivity contribution in [1.29, 1.82) is 0 Å². The van der Waals surface area contributed by atoms with Crippen molar-refractivity contribution < 1.29 is 33.8 Å². The maximum atomic E-state index is 14.7. The van der Waals surface area contributed by atoms with E-state index in [9.17, 15) is 24.3 Å². The molecule has 3 aromatic rings. The maximum absolute atomic E-state index is 14.7. The lowest BCUT2D eigenvalue weighted by atomic mass is 9.98. The van der Waals surface area contributed by atoms with Crippen LogP contribution in [0.15, 0.2) is 84.9 Å². The topological polar surface area (TPSA) is 134 Å². The lowest BCUT2D eigenvalue weighted by Gasteiger charge is -2.35. The van der Waals surface area contributed by atoms with Gasteiger partial charge in [0.15, 0.2) is 0 Å². The van der Waals surface area contributed by atoms with Crippen molar-refractivity contribution in [2.45, 2.75) is 103 Å². The summed E-state index contributed by atoms with van der Waals surface area (Å²) in [6, 6.07) is 20.9. The second kappa shape index (κ2) is 15.4. The molecule has 256 valence electrons. The number of carbonyl (C=O) groups excluding carboxylic acids is 4. The van der Waals surface area contributed by atoms with E-state index in [1.807, 2.05) is 60.7 Å². The molecule has 0 bridgehead atoms. The summed E-state index contributed by atoms with van der Waals surface area (Å²) in [5, 5.41) is 16.6. The molecule has 3 atom stereocenters. The van der Waals surface area contributed by atoms with Crippen LogP contribution in [0.2, 0.25) is 0 Å². The monoisotopic (exact) mass is 657 g/mol. The number of para-hydroxylation sites is 1. The van der Waals surface area contributed by atoms with Gasteiger partial charge < -0.3 is 30.1 Å². The molecule has 10 nitrogen and oxygen atoms in total. The lowest BCUT2D eigenvalue weighted by Crippen LogP contribution is -2.56. The standard InChI is InChI=1S/C38H47N3O7/c1-37(2,3)47-35(45)30(24-26-17-11-8-12-18-26)39-33(43)32(28-19-13-14-20-31(28)42)41(27-21-22-27)34(44)29(23-25-15-9-7-10-16-25)40-36(46)48-38(4,5)6/h7-20,27,29-30,32,42H,21-24H2,1-6H3,(H,39,43)(H,40,46). The fourth-order valence-corrected chi connectivity index (χ4v) is 5.35. The highest BCUT2D eigenvalue weighted by molar-refractivity contribution is 5.94. The predicted molar refractivity (Wildman–Crippen MR) is 182 cm³/mol. The highest BCUT2D eigenvalue weighted by Gasteiger charge is 2.45. The Morgan fingerprint density at radius 3 is 1.73 bits per heavy atom. The van der Waals surface area contributed by atoms with Crippen LogP contribution in [0.3, 0.4) is 0 Å². The Kier molecular flexibility index (Phi) is 11.5. The van der Waals surface area contributed by atoms with Gasteiger partial charge in [-0.1, -0.05) is 78.9 Å². The first-order chi connectivity index (χ1) is 22.6. The summed E-state index contributed by atoms with van der Waals surface area (Å²) in [7, 11) is 0. The summed E-state index contributed by atoms with van der Waals surface area (Å²) in [4.78, 5) is 57.1. The van der Waals surface area contributed by atoms with Crippen LogP contribution >= 0.6 is 0 Å². The summed E-state index contributed by atoms with van der Waals surface area (Å²) in [6.45, 7) is 10.4. The van der Waals surface area contributed by atoms with E-state index in [2.05, 4.69) is 10.6 Å². The highest BCUT2D eigenvalue weighted by atomic mass is 16.6. The van der Waals surface area contributed by atoms with Crippen molar-refractivity contribution in [3.05, 3.63) is 102 Å². The number of phenolic OH excluding ortho intramolecular Hbond substituents is 1. The highest BCUT2D eigenvalue weighted by Crippen LogP contribution is 2.38. The molecule has 3 aromatic carbocycles. The van der Waals surface area contributed by atoms with Crippen LogP contribution < -0.4 is 10.6 Å². The Labute approximate surface area is 282 Å². The van der Waals surface area contributed by atoms with Crippen molar-refractivity contribution in [2.75, 3.05) is 0 Å². The normalized spacial score (nSPS) is 15.0. The number of rotatable bonds is 12. The summed E-state index contributed by atoms with van der Waals surface area (Å²) in [5.74, 6) is -2.01. The number of esters is 1. The molecule has 48 heavy (non-hydrogen) atoms. The van der Waals surface area contributed by atoms with Gasteiger partial charge in [-0.3, -0.25) is 9.59 Å². The fourth-order valence-electron chi connectivity index (χ4n) is 5.35. The van der Waals surface area contributed by atoms with Crippen molar-refractivity contribution >= 4 is 23.9 Å². The molecule has 0 spiro atoms. The zero-order valence-electron chi connectivity index (χ0n) is 28.6. The average molecular weight is 658 g/mol. The van der Waals surface area contributed by atoms with E-state index in [4.69, 9.17) is 9.47 Å². The van der Waals surface area contributed by atoms with Crippen LogP contribution in [-0.4, -0.2) is 63.2 Å². The average Bonchev–Trinajstić information content (AvgIpc) is 3.84. The van der Waals surface area contributed by atoms with Gasteiger partial charge in [-0.05, 0) is 71.6 Å². The number of ether oxygens (including phenoxy) is 2. The van der Waals surface area contributed by atoms with Gasteiger partial charge in [-0.2, -0.15) is 0 Å². The zero-order chi connectivity index (χ0) is 35.1. The SMILES string of the molecule is CC(C)(C)OC(=O)NC(Cc1ccccc1)C(=O)N(C1CC1)C(C(=O)NC(Cc1ccccc1)C(=O)OC(C)(C)C)c1ccccc1O. The molecule has 3 amide bonds. The number of benzene rings is 3. The van der Waals surface area contributed by atoms with Gasteiger partial charge in [-0.25, -0.2) is 9.59 Å². The number of nitrogens with zero attached hydrogens (tertiary/aromatic N) is 1. The Hall–Kier alpha value is -4.86. The Balaban J connectivity index is 1.74. The Bertz CT molecular complexity index is 1560. The number of amides is 3. The number of aromatic hydroxyl groups is 1. The predicted octanol–water partition coefficient (Wildman–Crippen LogP) is 5.63. The fraction of sp³-hybridized carbons (Fsp3) is 0.421. The van der Waals surface area contributed by atoms with Crippen LogP contribution in [0.4, 0.5) is 4.79 Å². The summed E-state index contributed by atoms with van der Waals surface area (Å²) in [5.41, 5.74) is 0.149. The summed E-state index contributed by atoms with van der Waals surface area (Å²) in [6.07, 6.45) is 0.735. The number of carbonyl (C=O) groups is 4. The molecule has 1 aliphatic carbocycles. The number of hydrogen-bond donors (Lipinski definition) is 3. The largest absolute Gasteiger partial charge is 0.508 e. The summed E-state index contributed by atoms with van der Waals surface area (Å²) >= 11 is 0. The van der Waals surface area contributed by atoms with E-state index < -0.39 is 53.2 Å². The number of hydrogen-bond acceptors (Lipinski definition) is 7. The van der Waals surface area contributed by atoms with Gasteiger partial charge in [0.25, 0.3) is 0 Å². The molecule has 0 radical (unpaired) electrons. The molecule has 0 heterocycles. The van der Waals surface area contributed by atoms with Crippen LogP contribution in [0, 0.1) is 0 Å². The van der Waals surface area contributed by atoms with Crippen molar-refractivity contribution in [3.63, 3.8) is 0 Å². The van der Waals surface area contributed by atoms with Gasteiger partial charge in [0.2, 0.25) is 11.8 Å². The molecule has 1 saturated carbocycles. The van der Waals surface area contributed by atoms with Crippen LogP contribution in [0.1, 0.15) is 77.1 Å². The van der Waals surface area contributed by atoms with Crippen LogP contribution in [0.25, 0.3) is 0 Å². The molecular formula is C38H47N3O7. The van der Waals surface area contributed by atoms with Gasteiger partial charge >= 0.3 is 12.1 Å². The first-order valence-electron chi connectivity index (χ1n) is 16.3. The number of phenols is 1. The Morgan fingerprint density at radius 1 is 0.729 bits per heavy atom. The quantitative estimate of drug-likeness (QED) is 0.215. The lowest BCUT2D eigenvalue weighted by molar-refractivity contribution is -0.159. The second-order valence-electron chi connectivity index (χ2n) is 14.1. The molecule has 4 rings (SSSR count). The van der Waals surface area contributed by atoms with Gasteiger partial charge in [0.05, 0.1) is 0 Å². The van der Waals surface area contributed by atoms with E-state index in [-0.39, 0.29) is 30.2 Å². The molecule has 1 aliphatic rings. The number of alkyl carbamates (subject to hydrolysis) is 1. The van der Waals surface area contributed by atoms with E-state index in [0.717, 1.165) is 11.1 Å². The molecule has 0 aliphatic heterocycles. The molecule has 1 fully saturated rings. The minimum atomic E-state index is -1.33. The minimum Gasteiger partial charge on any atom is -0.508 e. The first kappa shape index (κ1) is 36.0. The van der Waals surface area contributed by atoms with Crippen LogP contribution in [0.5, 0.6) is 5.75 Å². The molecule has 3 N–H and O–H groups in total. The van der Waals surface area contributed by atoms with E-state index in [1.165, 1.54) is 11.0 Å². The first-order valence-corrected chi connectivity index (χ1v) is 16.3. The van der Waals surface area contributed by atoms with Crippen LogP contribution in [-0.2, 0) is 36.7 Å².